The molecule has 0 atom stereocenters. The number of aliphatic hydroxyl groups is 1. The van der Waals surface area contributed by atoms with Crippen LogP contribution in [0.2, 0.25) is 0 Å². The minimum atomic E-state index is -0.201. The fraction of sp³-hybridized carbons (Fsp3) is 0.741. The predicted octanol–water partition coefficient (Wildman–Crippen LogP) is 6.96. The lowest BCUT2D eigenvalue weighted by Crippen LogP contribution is -2.06. The number of aryl methyl sites for hydroxylation is 1. The summed E-state index contributed by atoms with van der Waals surface area (Å²) in [6.07, 6.45) is 30.4. The second-order valence-electron chi connectivity index (χ2n) is 8.42. The molecule has 0 fully saturated rings. The van der Waals surface area contributed by atoms with E-state index in [-0.39, 0.29) is 6.79 Å². The van der Waals surface area contributed by atoms with Crippen LogP contribution < -0.4 is 0 Å². The highest BCUT2D eigenvalue weighted by atomic mass is 16.6. The maximum absolute atomic E-state index is 8.57. The molecule has 0 unspecified atom stereocenters. The SMILES string of the molecule is CCCCCC=CCC=CCCCCCCCCn1ccnc1COCCCCOCO. The van der Waals surface area contributed by atoms with E-state index in [0.29, 0.717) is 19.8 Å². The number of rotatable bonds is 23. The highest BCUT2D eigenvalue weighted by Crippen LogP contribution is 2.10. The van der Waals surface area contributed by atoms with Gasteiger partial charge in [0.1, 0.15) is 19.2 Å². The quantitative estimate of drug-likeness (QED) is 0.112. The van der Waals surface area contributed by atoms with Crippen LogP contribution in [0.5, 0.6) is 0 Å². The lowest BCUT2D eigenvalue weighted by atomic mass is 10.1. The van der Waals surface area contributed by atoms with Gasteiger partial charge in [0.05, 0.1) is 0 Å². The average Bonchev–Trinajstić information content (AvgIpc) is 3.25. The molecule has 5 nitrogen and oxygen atoms in total. The van der Waals surface area contributed by atoms with Crippen molar-refractivity contribution in [1.82, 2.24) is 9.55 Å². The topological polar surface area (TPSA) is 56.5 Å². The molecule has 5 heteroatoms. The molecule has 1 heterocycles. The van der Waals surface area contributed by atoms with Gasteiger partial charge in [-0.2, -0.15) is 0 Å². The normalized spacial score (nSPS) is 11.9. The highest BCUT2D eigenvalue weighted by molar-refractivity contribution is 4.92. The monoisotopic (exact) mass is 448 g/mol. The minimum Gasteiger partial charge on any atom is -0.374 e. The van der Waals surface area contributed by atoms with Gasteiger partial charge < -0.3 is 19.1 Å². The fourth-order valence-corrected chi connectivity index (χ4v) is 3.59. The van der Waals surface area contributed by atoms with Crippen molar-refractivity contribution in [1.29, 1.82) is 0 Å². The number of nitrogens with zero attached hydrogens (tertiary/aromatic N) is 2. The van der Waals surface area contributed by atoms with Crippen LogP contribution in [-0.2, 0) is 22.6 Å². The van der Waals surface area contributed by atoms with Gasteiger partial charge in [-0.05, 0) is 51.4 Å². The molecule has 0 bridgehead atoms. The van der Waals surface area contributed by atoms with Gasteiger partial charge in [0.25, 0.3) is 0 Å². The Kier molecular flexibility index (Phi) is 20.3. The molecule has 0 saturated heterocycles. The van der Waals surface area contributed by atoms with E-state index >= 15 is 0 Å². The number of unbranched alkanes of at least 4 members (excludes halogenated alkanes) is 10. The Morgan fingerprint density at radius 2 is 1.47 bits per heavy atom. The van der Waals surface area contributed by atoms with Gasteiger partial charge in [0, 0.05) is 32.2 Å². The predicted molar refractivity (Wildman–Crippen MR) is 134 cm³/mol. The summed E-state index contributed by atoms with van der Waals surface area (Å²) in [5.74, 6) is 1.01. The molecular weight excluding hydrogens is 400 g/mol. The van der Waals surface area contributed by atoms with Gasteiger partial charge >= 0.3 is 0 Å². The Morgan fingerprint density at radius 3 is 2.19 bits per heavy atom. The first kappa shape index (κ1) is 28.6. The third-order valence-electron chi connectivity index (χ3n) is 5.55. The van der Waals surface area contributed by atoms with Crippen LogP contribution in [0.4, 0.5) is 0 Å². The third-order valence-corrected chi connectivity index (χ3v) is 5.55. The van der Waals surface area contributed by atoms with Crippen molar-refractivity contribution < 1.29 is 14.6 Å². The first-order chi connectivity index (χ1) is 15.9. The van der Waals surface area contributed by atoms with Crippen LogP contribution in [0.1, 0.15) is 103 Å². The van der Waals surface area contributed by atoms with Crippen molar-refractivity contribution >= 4 is 0 Å². The zero-order valence-electron chi connectivity index (χ0n) is 20.6. The Labute approximate surface area is 196 Å². The van der Waals surface area contributed by atoms with Crippen molar-refractivity contribution in [2.45, 2.75) is 110 Å². The van der Waals surface area contributed by atoms with E-state index in [1.807, 2.05) is 6.20 Å². The van der Waals surface area contributed by atoms with Gasteiger partial charge in [0.15, 0.2) is 0 Å². The Balaban J connectivity index is 1.92. The van der Waals surface area contributed by atoms with E-state index in [2.05, 4.69) is 47.0 Å². The van der Waals surface area contributed by atoms with E-state index in [1.165, 1.54) is 70.6 Å². The van der Waals surface area contributed by atoms with E-state index in [4.69, 9.17) is 14.6 Å². The van der Waals surface area contributed by atoms with Crippen LogP contribution in [0.25, 0.3) is 0 Å². The Bertz CT molecular complexity index is 569. The zero-order chi connectivity index (χ0) is 23.0. The van der Waals surface area contributed by atoms with Gasteiger partial charge in [-0.3, -0.25) is 0 Å². The summed E-state index contributed by atoms with van der Waals surface area (Å²) in [6.45, 7) is 4.93. The summed E-state index contributed by atoms with van der Waals surface area (Å²) >= 11 is 0. The molecule has 0 saturated carbocycles. The molecule has 0 radical (unpaired) electrons. The third kappa shape index (κ3) is 17.2. The molecule has 1 rings (SSSR count). The number of hydrogen-bond donors (Lipinski definition) is 1. The number of imidazole rings is 1. The summed E-state index contributed by atoms with van der Waals surface area (Å²) in [5.41, 5.74) is 0. The Morgan fingerprint density at radius 1 is 0.812 bits per heavy atom. The zero-order valence-corrected chi connectivity index (χ0v) is 20.6. The van der Waals surface area contributed by atoms with Crippen molar-refractivity contribution in [3.05, 3.63) is 42.5 Å². The summed E-state index contributed by atoms with van der Waals surface area (Å²) in [4.78, 5) is 4.42. The molecular formula is C27H48N2O3. The van der Waals surface area contributed by atoms with Crippen molar-refractivity contribution in [2.75, 3.05) is 20.0 Å². The van der Waals surface area contributed by atoms with Crippen LogP contribution in [-0.4, -0.2) is 34.7 Å². The average molecular weight is 449 g/mol. The second-order valence-corrected chi connectivity index (χ2v) is 8.42. The van der Waals surface area contributed by atoms with E-state index in [0.717, 1.165) is 31.6 Å². The van der Waals surface area contributed by atoms with E-state index in [9.17, 15) is 0 Å². The molecule has 32 heavy (non-hydrogen) atoms. The molecule has 1 aromatic rings. The highest BCUT2D eigenvalue weighted by Gasteiger charge is 2.03. The molecule has 1 N–H and O–H groups in total. The van der Waals surface area contributed by atoms with Gasteiger partial charge in [-0.25, -0.2) is 4.98 Å². The maximum atomic E-state index is 8.57. The molecule has 0 aliphatic heterocycles. The number of ether oxygens (including phenoxy) is 2. The fourth-order valence-electron chi connectivity index (χ4n) is 3.59. The van der Waals surface area contributed by atoms with E-state index < -0.39 is 0 Å². The molecule has 0 aliphatic rings. The lowest BCUT2D eigenvalue weighted by Gasteiger charge is -2.09. The molecule has 1 aromatic heterocycles. The van der Waals surface area contributed by atoms with Crippen molar-refractivity contribution in [3.63, 3.8) is 0 Å². The van der Waals surface area contributed by atoms with Crippen molar-refractivity contribution in [2.24, 2.45) is 0 Å². The summed E-state index contributed by atoms with van der Waals surface area (Å²) in [5, 5.41) is 8.57. The van der Waals surface area contributed by atoms with Crippen LogP contribution in [0.15, 0.2) is 36.7 Å². The number of hydrogen-bond acceptors (Lipinski definition) is 4. The van der Waals surface area contributed by atoms with Gasteiger partial charge in [0.2, 0.25) is 0 Å². The van der Waals surface area contributed by atoms with E-state index in [1.54, 1.807) is 0 Å². The lowest BCUT2D eigenvalue weighted by molar-refractivity contribution is -0.00542. The minimum absolute atomic E-state index is 0.201. The summed E-state index contributed by atoms with van der Waals surface area (Å²) in [6, 6.07) is 0. The second kappa shape index (κ2) is 22.8. The summed E-state index contributed by atoms with van der Waals surface area (Å²) in [7, 11) is 0. The molecule has 0 aromatic carbocycles. The number of aromatic nitrogens is 2. The molecule has 0 spiro atoms. The smallest absolute Gasteiger partial charge is 0.143 e. The standard InChI is InChI=1S/C27H48N2O3/c1-2-3-4-5-6-7-8-9-10-11-12-13-14-15-16-17-21-29-22-20-28-27(29)25-31-23-18-19-24-32-26-30/h6-7,9-10,20,22,30H,2-5,8,11-19,21,23-26H2,1H3. The maximum Gasteiger partial charge on any atom is 0.143 e. The first-order valence-electron chi connectivity index (χ1n) is 12.9. The Hall–Kier alpha value is -1.43. The number of allylic oxidation sites excluding steroid dienone is 4. The largest absolute Gasteiger partial charge is 0.374 e. The molecule has 0 amide bonds. The molecule has 184 valence electrons. The summed E-state index contributed by atoms with van der Waals surface area (Å²) < 4.78 is 12.8. The van der Waals surface area contributed by atoms with Crippen molar-refractivity contribution in [3.8, 4) is 0 Å². The van der Waals surface area contributed by atoms with Gasteiger partial charge in [-0.15, -0.1) is 0 Å². The van der Waals surface area contributed by atoms with Crippen LogP contribution in [0.3, 0.4) is 0 Å². The van der Waals surface area contributed by atoms with Crippen LogP contribution >= 0.6 is 0 Å². The molecule has 0 aliphatic carbocycles. The van der Waals surface area contributed by atoms with Crippen LogP contribution in [0, 0.1) is 0 Å². The van der Waals surface area contributed by atoms with Gasteiger partial charge in [-0.1, -0.05) is 69.8 Å². The number of aliphatic hydroxyl groups excluding tert-OH is 1. The first-order valence-corrected chi connectivity index (χ1v) is 12.9.